The van der Waals surface area contributed by atoms with Crippen molar-refractivity contribution in [3.05, 3.63) is 40.4 Å². The fourth-order valence-electron chi connectivity index (χ4n) is 1.05. The summed E-state index contributed by atoms with van der Waals surface area (Å²) < 4.78 is 0. The highest BCUT2D eigenvalue weighted by Crippen LogP contribution is 2.18. The van der Waals surface area contributed by atoms with E-state index < -0.39 is 0 Å². The average Bonchev–Trinajstić information content (AvgIpc) is 2.09. The molecule has 0 heterocycles. The third-order valence-electron chi connectivity index (χ3n) is 1.75. The Morgan fingerprint density at radius 2 is 2.23 bits per heavy atom. The Morgan fingerprint density at radius 3 is 2.85 bits per heavy atom. The van der Waals surface area contributed by atoms with Crippen LogP contribution in [0.1, 0.15) is 17.5 Å². The number of halogens is 1. The van der Waals surface area contributed by atoms with Crippen LogP contribution >= 0.6 is 24.2 Å². The van der Waals surface area contributed by atoms with Gasteiger partial charge in [0.2, 0.25) is 0 Å². The quantitative estimate of drug-likeness (QED) is 0.720. The molecule has 0 N–H and O–H groups in total. The van der Waals surface area contributed by atoms with E-state index in [1.807, 2.05) is 25.1 Å². The molecule has 0 aliphatic heterocycles. The summed E-state index contributed by atoms with van der Waals surface area (Å²) in [5.41, 5.74) is 2.27. The van der Waals surface area contributed by atoms with Gasteiger partial charge in [-0.15, -0.1) is 0 Å². The third-order valence-corrected chi connectivity index (χ3v) is 2.33. The van der Waals surface area contributed by atoms with Crippen LogP contribution in [0.5, 0.6) is 0 Å². The molecule has 0 atom stereocenters. The molecule has 0 spiro atoms. The summed E-state index contributed by atoms with van der Waals surface area (Å²) >= 11 is 10.2. The number of hydrogen-bond donors (Lipinski definition) is 1. The van der Waals surface area contributed by atoms with Crippen LogP contribution in [-0.4, -0.2) is 5.75 Å². The molecule has 0 aliphatic carbocycles. The minimum Gasteiger partial charge on any atom is -0.179 e. The van der Waals surface area contributed by atoms with Gasteiger partial charge in [-0.25, -0.2) is 0 Å². The third kappa shape index (κ3) is 3.45. The van der Waals surface area contributed by atoms with Crippen LogP contribution in [0.3, 0.4) is 0 Å². The van der Waals surface area contributed by atoms with Crippen LogP contribution < -0.4 is 0 Å². The van der Waals surface area contributed by atoms with Gasteiger partial charge in [0, 0.05) is 5.02 Å². The second-order valence-corrected chi connectivity index (χ2v) is 3.79. The first-order valence-corrected chi connectivity index (χ1v) is 5.28. The molecule has 1 aromatic rings. The number of aryl methyl sites for hydroxylation is 1. The molecule has 0 fully saturated rings. The molecule has 2 heteroatoms. The Kier molecular flexibility index (Phi) is 4.40. The maximum absolute atomic E-state index is 6.04. The largest absolute Gasteiger partial charge is 0.179 e. The first kappa shape index (κ1) is 10.7. The minimum atomic E-state index is 0.815. The smallest absolute Gasteiger partial charge is 0.0480 e. The molecule has 13 heavy (non-hydrogen) atoms. The van der Waals surface area contributed by atoms with E-state index >= 15 is 0 Å². The van der Waals surface area contributed by atoms with E-state index in [-0.39, 0.29) is 0 Å². The van der Waals surface area contributed by atoms with E-state index in [1.165, 1.54) is 5.56 Å². The van der Waals surface area contributed by atoms with Crippen LogP contribution in [0.25, 0.3) is 6.08 Å². The summed E-state index contributed by atoms with van der Waals surface area (Å²) in [7, 11) is 0. The first-order chi connectivity index (χ1) is 6.24. The van der Waals surface area contributed by atoms with E-state index in [4.69, 9.17) is 11.6 Å². The van der Waals surface area contributed by atoms with Crippen molar-refractivity contribution < 1.29 is 0 Å². The lowest BCUT2D eigenvalue weighted by Crippen LogP contribution is -1.77. The maximum Gasteiger partial charge on any atom is 0.0480 e. The van der Waals surface area contributed by atoms with Gasteiger partial charge in [-0.05, 0) is 36.3 Å². The van der Waals surface area contributed by atoms with Gasteiger partial charge >= 0.3 is 0 Å². The van der Waals surface area contributed by atoms with Crippen LogP contribution in [0.4, 0.5) is 0 Å². The molecular weight excluding hydrogens is 200 g/mol. The van der Waals surface area contributed by atoms with Crippen molar-refractivity contribution in [2.45, 2.75) is 13.3 Å². The summed E-state index contributed by atoms with van der Waals surface area (Å²) in [4.78, 5) is 0. The van der Waals surface area contributed by atoms with E-state index in [1.54, 1.807) is 0 Å². The summed E-state index contributed by atoms with van der Waals surface area (Å²) in [5, 5.41) is 0.815. The molecule has 0 aromatic heterocycles. The van der Waals surface area contributed by atoms with Crippen molar-refractivity contribution in [3.8, 4) is 0 Å². The van der Waals surface area contributed by atoms with Crippen molar-refractivity contribution in [2.24, 2.45) is 0 Å². The minimum absolute atomic E-state index is 0.815. The van der Waals surface area contributed by atoms with Gasteiger partial charge in [0.05, 0.1) is 0 Å². The second kappa shape index (κ2) is 5.36. The Morgan fingerprint density at radius 1 is 1.46 bits per heavy atom. The van der Waals surface area contributed by atoms with Crippen molar-refractivity contribution in [3.63, 3.8) is 0 Å². The van der Waals surface area contributed by atoms with Crippen molar-refractivity contribution in [1.82, 2.24) is 0 Å². The maximum atomic E-state index is 6.04. The monoisotopic (exact) mass is 212 g/mol. The lowest BCUT2D eigenvalue weighted by molar-refractivity contribution is 1.26. The predicted octanol–water partition coefficient (Wildman–Crippen LogP) is 3.98. The summed E-state index contributed by atoms with van der Waals surface area (Å²) in [6.45, 7) is 2.03. The summed E-state index contributed by atoms with van der Waals surface area (Å²) in [5.74, 6) is 0.875. The summed E-state index contributed by atoms with van der Waals surface area (Å²) in [6.07, 6.45) is 5.11. The first-order valence-electron chi connectivity index (χ1n) is 4.27. The van der Waals surface area contributed by atoms with E-state index in [0.29, 0.717) is 0 Å². The zero-order valence-corrected chi connectivity index (χ0v) is 9.28. The van der Waals surface area contributed by atoms with Gasteiger partial charge in [0.25, 0.3) is 0 Å². The lowest BCUT2D eigenvalue weighted by atomic mass is 10.1. The van der Waals surface area contributed by atoms with Crippen LogP contribution in [0, 0.1) is 6.92 Å². The highest BCUT2D eigenvalue weighted by Gasteiger charge is 1.94. The zero-order chi connectivity index (χ0) is 9.68. The second-order valence-electron chi connectivity index (χ2n) is 2.94. The molecule has 70 valence electrons. The molecule has 0 amide bonds. The molecule has 0 saturated carbocycles. The molecule has 0 nitrogen and oxygen atoms in total. The standard InChI is InChI=1S/C11H13ClS/c1-9-5-6-10(11(12)8-9)4-2-3-7-13/h2,4-6,8,13H,3,7H2,1H3. The van der Waals surface area contributed by atoms with Gasteiger partial charge < -0.3 is 0 Å². The molecular formula is C11H13ClS. The van der Waals surface area contributed by atoms with Gasteiger partial charge in [-0.2, -0.15) is 12.6 Å². The molecule has 0 aliphatic rings. The average molecular weight is 213 g/mol. The molecule has 0 unspecified atom stereocenters. The van der Waals surface area contributed by atoms with Gasteiger partial charge in [-0.3, -0.25) is 0 Å². The number of allylic oxidation sites excluding steroid dienone is 1. The van der Waals surface area contributed by atoms with Crippen molar-refractivity contribution in [2.75, 3.05) is 5.75 Å². The van der Waals surface area contributed by atoms with Crippen molar-refractivity contribution >= 4 is 30.3 Å². The SMILES string of the molecule is Cc1ccc(C=CCCS)c(Cl)c1. The molecule has 0 radical (unpaired) electrons. The van der Waals surface area contributed by atoms with E-state index in [9.17, 15) is 0 Å². The molecule has 0 bridgehead atoms. The normalized spacial score (nSPS) is 11.0. The number of rotatable bonds is 3. The highest BCUT2D eigenvalue weighted by molar-refractivity contribution is 7.80. The van der Waals surface area contributed by atoms with E-state index in [2.05, 4.69) is 24.8 Å². The zero-order valence-electron chi connectivity index (χ0n) is 7.63. The highest BCUT2D eigenvalue weighted by atomic mass is 35.5. The molecule has 0 saturated heterocycles. The Balaban J connectivity index is 2.77. The number of hydrogen-bond acceptors (Lipinski definition) is 1. The molecule has 1 aromatic carbocycles. The van der Waals surface area contributed by atoms with Gasteiger partial charge in [0.15, 0.2) is 0 Å². The van der Waals surface area contributed by atoms with Crippen molar-refractivity contribution in [1.29, 1.82) is 0 Å². The number of benzene rings is 1. The van der Waals surface area contributed by atoms with Crippen LogP contribution in [0.2, 0.25) is 5.02 Å². The lowest BCUT2D eigenvalue weighted by Gasteiger charge is -1.99. The van der Waals surface area contributed by atoms with E-state index in [0.717, 1.165) is 22.8 Å². The summed E-state index contributed by atoms with van der Waals surface area (Å²) in [6, 6.07) is 6.07. The van der Waals surface area contributed by atoms with Gasteiger partial charge in [0.1, 0.15) is 0 Å². The Hall–Kier alpha value is -0.400. The van der Waals surface area contributed by atoms with Crippen LogP contribution in [0.15, 0.2) is 24.3 Å². The Bertz CT molecular complexity index is 305. The fraction of sp³-hybridized carbons (Fsp3) is 0.273. The Labute approximate surface area is 90.0 Å². The number of thiol groups is 1. The van der Waals surface area contributed by atoms with Crippen LogP contribution in [-0.2, 0) is 0 Å². The van der Waals surface area contributed by atoms with Gasteiger partial charge in [-0.1, -0.05) is 35.9 Å². The molecule has 1 rings (SSSR count). The topological polar surface area (TPSA) is 0 Å². The predicted molar refractivity (Wildman–Crippen MR) is 63.7 cm³/mol. The fourth-order valence-corrected chi connectivity index (χ4v) is 1.50.